The van der Waals surface area contributed by atoms with Crippen LogP contribution in [0.4, 0.5) is 5.82 Å². The van der Waals surface area contributed by atoms with Gasteiger partial charge in [0.15, 0.2) is 5.76 Å². The zero-order valence-electron chi connectivity index (χ0n) is 13.7. The smallest absolute Gasteiger partial charge is 0.292 e. The number of aryl methyl sites for hydroxylation is 1. The summed E-state index contributed by atoms with van der Waals surface area (Å²) in [6.45, 7) is 3.05. The highest BCUT2D eigenvalue weighted by atomic mass is 79.9. The van der Waals surface area contributed by atoms with Gasteiger partial charge in [-0.05, 0) is 42.8 Å². The van der Waals surface area contributed by atoms with Gasteiger partial charge in [0.2, 0.25) is 0 Å². The number of carbonyl (C=O) groups excluding carboxylic acids is 1. The van der Waals surface area contributed by atoms with Crippen molar-refractivity contribution in [2.75, 3.05) is 5.32 Å². The maximum Gasteiger partial charge on any atom is 0.292 e. The number of furan rings is 1. The van der Waals surface area contributed by atoms with E-state index in [1.165, 1.54) is 0 Å². The Morgan fingerprint density at radius 2 is 2.04 bits per heavy atom. The summed E-state index contributed by atoms with van der Waals surface area (Å²) in [6, 6.07) is 12.6. The van der Waals surface area contributed by atoms with Gasteiger partial charge in [0.1, 0.15) is 23.9 Å². The van der Waals surface area contributed by atoms with Gasteiger partial charge in [-0.3, -0.25) is 4.79 Å². The van der Waals surface area contributed by atoms with Crippen molar-refractivity contribution in [3.8, 4) is 5.75 Å². The van der Waals surface area contributed by atoms with Gasteiger partial charge in [-0.1, -0.05) is 22.9 Å². The standard InChI is InChI=1S/C18H18BrN3O3/c1-2-11-22-17(9-10-20-22)21-18(23)16-8-7-15(25-16)12-24-14-5-3-13(19)4-6-14/h3-10H,2,11-12H2,1H3,(H,21,23). The third-order valence-electron chi connectivity index (χ3n) is 3.47. The molecule has 3 aromatic rings. The number of hydrogen-bond acceptors (Lipinski definition) is 4. The van der Waals surface area contributed by atoms with Crippen LogP contribution in [0, 0.1) is 0 Å². The number of anilines is 1. The molecule has 0 spiro atoms. The Labute approximate surface area is 153 Å². The van der Waals surface area contributed by atoms with Crippen LogP contribution in [-0.4, -0.2) is 15.7 Å². The van der Waals surface area contributed by atoms with E-state index in [0.717, 1.165) is 23.2 Å². The normalized spacial score (nSPS) is 10.6. The number of rotatable bonds is 7. The fourth-order valence-corrected chi connectivity index (χ4v) is 2.53. The Morgan fingerprint density at radius 3 is 2.80 bits per heavy atom. The molecule has 130 valence electrons. The maximum absolute atomic E-state index is 12.3. The summed E-state index contributed by atoms with van der Waals surface area (Å²) in [4.78, 5) is 12.3. The summed E-state index contributed by atoms with van der Waals surface area (Å²) in [5.74, 6) is 1.88. The molecule has 0 aliphatic rings. The Balaban J connectivity index is 1.59. The average molecular weight is 404 g/mol. The van der Waals surface area contributed by atoms with E-state index in [2.05, 4.69) is 33.3 Å². The molecule has 2 aromatic heterocycles. The molecule has 0 radical (unpaired) electrons. The Bertz CT molecular complexity index is 839. The predicted octanol–water partition coefficient (Wildman–Crippen LogP) is 4.48. The first kappa shape index (κ1) is 17.3. The molecule has 0 atom stereocenters. The number of aromatic nitrogens is 2. The zero-order chi connectivity index (χ0) is 17.6. The van der Waals surface area contributed by atoms with Crippen LogP contribution in [-0.2, 0) is 13.2 Å². The molecule has 6 nitrogen and oxygen atoms in total. The fourth-order valence-electron chi connectivity index (χ4n) is 2.27. The van der Waals surface area contributed by atoms with Crippen LogP contribution in [0.25, 0.3) is 0 Å². The Hall–Kier alpha value is -2.54. The highest BCUT2D eigenvalue weighted by molar-refractivity contribution is 9.10. The number of ether oxygens (including phenoxy) is 1. The SMILES string of the molecule is CCCn1nccc1NC(=O)c1ccc(COc2ccc(Br)cc2)o1. The first-order valence-electron chi connectivity index (χ1n) is 7.96. The second kappa shape index (κ2) is 8.02. The lowest BCUT2D eigenvalue weighted by Gasteiger charge is -2.06. The van der Waals surface area contributed by atoms with Crippen molar-refractivity contribution >= 4 is 27.7 Å². The molecule has 0 saturated heterocycles. The number of carbonyl (C=O) groups is 1. The topological polar surface area (TPSA) is 69.3 Å². The lowest BCUT2D eigenvalue weighted by atomic mass is 10.3. The fraction of sp³-hybridized carbons (Fsp3) is 0.222. The lowest BCUT2D eigenvalue weighted by molar-refractivity contribution is 0.0991. The van der Waals surface area contributed by atoms with Crippen LogP contribution in [0.15, 0.2) is 57.6 Å². The molecule has 2 heterocycles. The van der Waals surface area contributed by atoms with E-state index in [9.17, 15) is 4.79 Å². The second-order valence-electron chi connectivity index (χ2n) is 5.40. The summed E-state index contributed by atoms with van der Waals surface area (Å²) in [6.07, 6.45) is 2.59. The van der Waals surface area contributed by atoms with Gasteiger partial charge in [-0.2, -0.15) is 5.10 Å². The summed E-state index contributed by atoms with van der Waals surface area (Å²) >= 11 is 3.38. The van der Waals surface area contributed by atoms with Gasteiger partial charge in [0, 0.05) is 17.1 Å². The highest BCUT2D eigenvalue weighted by Crippen LogP contribution is 2.18. The number of benzene rings is 1. The van der Waals surface area contributed by atoms with Gasteiger partial charge < -0.3 is 14.5 Å². The van der Waals surface area contributed by atoms with Gasteiger partial charge in [-0.15, -0.1) is 0 Å². The lowest BCUT2D eigenvalue weighted by Crippen LogP contribution is -2.15. The predicted molar refractivity (Wildman–Crippen MR) is 97.7 cm³/mol. The van der Waals surface area contributed by atoms with Crippen LogP contribution in [0.1, 0.15) is 29.7 Å². The van der Waals surface area contributed by atoms with E-state index in [1.54, 1.807) is 29.1 Å². The number of hydrogen-bond donors (Lipinski definition) is 1. The molecule has 0 aliphatic carbocycles. The first-order valence-corrected chi connectivity index (χ1v) is 8.75. The quantitative estimate of drug-likeness (QED) is 0.631. The molecule has 3 rings (SSSR count). The molecule has 25 heavy (non-hydrogen) atoms. The number of amides is 1. The van der Waals surface area contributed by atoms with Crippen molar-refractivity contribution in [1.82, 2.24) is 9.78 Å². The molecule has 7 heteroatoms. The largest absolute Gasteiger partial charge is 0.486 e. The minimum Gasteiger partial charge on any atom is -0.486 e. The molecule has 1 amide bonds. The van der Waals surface area contributed by atoms with Crippen LogP contribution in [0.3, 0.4) is 0 Å². The first-order chi connectivity index (χ1) is 12.2. The van der Waals surface area contributed by atoms with Gasteiger partial charge >= 0.3 is 0 Å². The number of nitrogens with one attached hydrogen (secondary N) is 1. The summed E-state index contributed by atoms with van der Waals surface area (Å²) in [5, 5.41) is 6.98. The van der Waals surface area contributed by atoms with Gasteiger partial charge in [-0.25, -0.2) is 4.68 Å². The third kappa shape index (κ3) is 4.51. The summed E-state index contributed by atoms with van der Waals surface area (Å²) in [5.41, 5.74) is 0. The number of nitrogens with zero attached hydrogens (tertiary/aromatic N) is 2. The van der Waals surface area contributed by atoms with E-state index < -0.39 is 0 Å². The summed E-state index contributed by atoms with van der Waals surface area (Å²) in [7, 11) is 0. The molecule has 0 fully saturated rings. The van der Waals surface area contributed by atoms with E-state index in [-0.39, 0.29) is 18.3 Å². The zero-order valence-corrected chi connectivity index (χ0v) is 15.3. The second-order valence-corrected chi connectivity index (χ2v) is 6.32. The van der Waals surface area contributed by atoms with E-state index in [0.29, 0.717) is 11.6 Å². The molecular formula is C18H18BrN3O3. The van der Waals surface area contributed by atoms with Crippen LogP contribution in [0.2, 0.25) is 0 Å². The van der Waals surface area contributed by atoms with Crippen LogP contribution >= 0.6 is 15.9 Å². The van der Waals surface area contributed by atoms with Gasteiger partial charge in [0.05, 0.1) is 6.20 Å². The number of halogens is 1. The Morgan fingerprint density at radius 1 is 1.24 bits per heavy atom. The molecule has 0 bridgehead atoms. The molecule has 0 aliphatic heterocycles. The molecule has 0 saturated carbocycles. The van der Waals surface area contributed by atoms with E-state index in [1.807, 2.05) is 24.3 Å². The van der Waals surface area contributed by atoms with Crippen molar-refractivity contribution in [3.63, 3.8) is 0 Å². The van der Waals surface area contributed by atoms with Crippen LogP contribution in [0.5, 0.6) is 5.75 Å². The Kier molecular flexibility index (Phi) is 5.55. The molecular weight excluding hydrogens is 386 g/mol. The molecule has 1 N–H and O–H groups in total. The highest BCUT2D eigenvalue weighted by Gasteiger charge is 2.14. The van der Waals surface area contributed by atoms with Crippen molar-refractivity contribution < 1.29 is 13.9 Å². The van der Waals surface area contributed by atoms with Crippen molar-refractivity contribution in [3.05, 3.63) is 64.7 Å². The monoisotopic (exact) mass is 403 g/mol. The van der Waals surface area contributed by atoms with Gasteiger partial charge in [0.25, 0.3) is 5.91 Å². The summed E-state index contributed by atoms with van der Waals surface area (Å²) < 4.78 is 13.9. The average Bonchev–Trinajstić information content (AvgIpc) is 3.25. The van der Waals surface area contributed by atoms with Crippen molar-refractivity contribution in [2.45, 2.75) is 26.5 Å². The van der Waals surface area contributed by atoms with E-state index >= 15 is 0 Å². The van der Waals surface area contributed by atoms with Crippen molar-refractivity contribution in [2.24, 2.45) is 0 Å². The third-order valence-corrected chi connectivity index (χ3v) is 4.00. The minimum absolute atomic E-state index is 0.235. The molecule has 0 unspecified atom stereocenters. The van der Waals surface area contributed by atoms with Crippen molar-refractivity contribution in [1.29, 1.82) is 0 Å². The maximum atomic E-state index is 12.3. The van der Waals surface area contributed by atoms with E-state index in [4.69, 9.17) is 9.15 Å². The minimum atomic E-state index is -0.312. The molecule has 1 aromatic carbocycles. The van der Waals surface area contributed by atoms with Crippen LogP contribution < -0.4 is 10.1 Å².